The highest BCUT2D eigenvalue weighted by atomic mass is 32.2. The molecular weight excluding hydrogens is 360 g/mol. The molecule has 2 aliphatic heterocycles. The van der Waals surface area contributed by atoms with Crippen molar-refractivity contribution < 1.29 is 13.2 Å². The van der Waals surface area contributed by atoms with Crippen LogP contribution in [0.3, 0.4) is 0 Å². The molecule has 0 aliphatic carbocycles. The van der Waals surface area contributed by atoms with Crippen molar-refractivity contribution >= 4 is 32.2 Å². The van der Waals surface area contributed by atoms with Crippen LogP contribution in [-0.2, 0) is 9.84 Å². The maximum absolute atomic E-state index is 12.6. The molecule has 3 heterocycles. The van der Waals surface area contributed by atoms with Gasteiger partial charge >= 0.3 is 0 Å². The summed E-state index contributed by atoms with van der Waals surface area (Å²) < 4.78 is 23.3. The molecule has 3 rings (SSSR count). The minimum atomic E-state index is -2.86. The summed E-state index contributed by atoms with van der Waals surface area (Å²) in [6, 6.07) is 0.119. The average molecular weight is 387 g/mol. The molecule has 140 valence electrons. The third-order valence-corrected chi connectivity index (χ3v) is 7.26. The number of hydrogen-bond acceptors (Lipinski definition) is 7. The van der Waals surface area contributed by atoms with Crippen molar-refractivity contribution in [2.75, 3.05) is 49.5 Å². The van der Waals surface area contributed by atoms with Crippen molar-refractivity contribution in [3.63, 3.8) is 0 Å². The Hall–Kier alpha value is -1.19. The van der Waals surface area contributed by atoms with Crippen LogP contribution in [0.5, 0.6) is 0 Å². The van der Waals surface area contributed by atoms with Gasteiger partial charge in [-0.3, -0.25) is 9.69 Å². The van der Waals surface area contributed by atoms with Crippen molar-refractivity contribution in [1.82, 2.24) is 14.8 Å². The van der Waals surface area contributed by atoms with Crippen LogP contribution in [0.25, 0.3) is 0 Å². The Balaban J connectivity index is 1.51. The van der Waals surface area contributed by atoms with Crippen LogP contribution < -0.4 is 5.32 Å². The second-order valence-corrected chi connectivity index (χ2v) is 10.3. The molecule has 0 unspecified atom stereocenters. The minimum Gasteiger partial charge on any atom is -0.361 e. The van der Waals surface area contributed by atoms with Gasteiger partial charge in [0.25, 0.3) is 5.91 Å². The Kier molecular flexibility index (Phi) is 5.65. The fourth-order valence-corrected chi connectivity index (χ4v) is 5.72. The van der Waals surface area contributed by atoms with E-state index in [4.69, 9.17) is 0 Å². The Bertz CT molecular complexity index is 709. The molecule has 7 nitrogen and oxygen atoms in total. The van der Waals surface area contributed by atoms with Gasteiger partial charge in [-0.25, -0.2) is 13.4 Å². The monoisotopic (exact) mass is 386 g/mol. The van der Waals surface area contributed by atoms with Crippen LogP contribution in [-0.4, -0.2) is 79.4 Å². The standard InChI is InChI=1S/C16H26N4O3S2/c1-12(2)9-17-16-18-14(10-24-16)15(21)20-6-4-19(5-7-20)13-3-8-25(22,23)11-13/h10,12-13H,3-9,11H2,1-2H3,(H,17,18)/t13-/m1/s1. The van der Waals surface area contributed by atoms with E-state index in [0.29, 0.717) is 36.9 Å². The Morgan fingerprint density at radius 3 is 2.68 bits per heavy atom. The van der Waals surface area contributed by atoms with Gasteiger partial charge in [-0.2, -0.15) is 0 Å². The van der Waals surface area contributed by atoms with E-state index in [1.807, 2.05) is 4.90 Å². The molecule has 0 spiro atoms. The van der Waals surface area contributed by atoms with Gasteiger partial charge in [-0.05, 0) is 12.3 Å². The van der Waals surface area contributed by atoms with E-state index in [0.717, 1.165) is 24.8 Å². The predicted octanol–water partition coefficient (Wildman–Crippen LogP) is 1.16. The molecule has 1 aromatic rings. The van der Waals surface area contributed by atoms with E-state index in [9.17, 15) is 13.2 Å². The first kappa shape index (κ1) is 18.6. The zero-order chi connectivity index (χ0) is 18.0. The quantitative estimate of drug-likeness (QED) is 0.818. The molecule has 1 atom stereocenters. The fraction of sp³-hybridized carbons (Fsp3) is 0.750. The number of carbonyl (C=O) groups excluding carboxylic acids is 1. The molecule has 2 saturated heterocycles. The van der Waals surface area contributed by atoms with E-state index in [1.165, 1.54) is 11.3 Å². The minimum absolute atomic E-state index is 0.0347. The summed E-state index contributed by atoms with van der Waals surface area (Å²) in [7, 11) is -2.86. The highest BCUT2D eigenvalue weighted by Gasteiger charge is 2.34. The number of sulfone groups is 1. The number of hydrogen-bond donors (Lipinski definition) is 1. The number of aromatic nitrogens is 1. The lowest BCUT2D eigenvalue weighted by molar-refractivity contribution is 0.0583. The molecule has 0 aromatic carbocycles. The van der Waals surface area contributed by atoms with Crippen LogP contribution in [0, 0.1) is 5.92 Å². The molecule has 0 bridgehead atoms. The van der Waals surface area contributed by atoms with Gasteiger partial charge in [-0.1, -0.05) is 13.8 Å². The zero-order valence-corrected chi connectivity index (χ0v) is 16.4. The Morgan fingerprint density at radius 1 is 1.36 bits per heavy atom. The Labute approximate surface area is 153 Å². The summed E-state index contributed by atoms with van der Waals surface area (Å²) in [6.07, 6.45) is 0.716. The first-order valence-electron chi connectivity index (χ1n) is 8.77. The van der Waals surface area contributed by atoms with Gasteiger partial charge in [0.15, 0.2) is 15.0 Å². The lowest BCUT2D eigenvalue weighted by Crippen LogP contribution is -2.52. The Morgan fingerprint density at radius 2 is 2.08 bits per heavy atom. The van der Waals surface area contributed by atoms with Crippen LogP contribution >= 0.6 is 11.3 Å². The molecule has 1 aromatic heterocycles. The normalized spacial score (nSPS) is 24.0. The number of piperazine rings is 1. The number of nitrogens with zero attached hydrogens (tertiary/aromatic N) is 3. The van der Waals surface area contributed by atoms with Crippen molar-refractivity contribution in [1.29, 1.82) is 0 Å². The van der Waals surface area contributed by atoms with Gasteiger partial charge in [0.1, 0.15) is 5.69 Å². The molecule has 0 saturated carbocycles. The molecule has 1 N–H and O–H groups in total. The van der Waals surface area contributed by atoms with Crippen molar-refractivity contribution in [2.24, 2.45) is 5.92 Å². The lowest BCUT2D eigenvalue weighted by atomic mass is 10.2. The SMILES string of the molecule is CC(C)CNc1nc(C(=O)N2CCN([C@@H]3CCS(=O)(=O)C3)CC2)cs1. The summed E-state index contributed by atoms with van der Waals surface area (Å²) in [5.41, 5.74) is 0.494. The molecule has 9 heteroatoms. The molecule has 25 heavy (non-hydrogen) atoms. The highest BCUT2D eigenvalue weighted by Crippen LogP contribution is 2.21. The van der Waals surface area contributed by atoms with Gasteiger partial charge in [0, 0.05) is 44.1 Å². The van der Waals surface area contributed by atoms with Gasteiger partial charge in [0.05, 0.1) is 11.5 Å². The number of nitrogens with one attached hydrogen (secondary N) is 1. The molecule has 2 aliphatic rings. The number of anilines is 1. The number of carbonyl (C=O) groups is 1. The van der Waals surface area contributed by atoms with E-state index in [2.05, 4.69) is 29.0 Å². The van der Waals surface area contributed by atoms with Crippen molar-refractivity contribution in [2.45, 2.75) is 26.3 Å². The van der Waals surface area contributed by atoms with Gasteiger partial charge in [-0.15, -0.1) is 11.3 Å². The second-order valence-electron chi connectivity index (χ2n) is 7.20. The third-order valence-electron chi connectivity index (χ3n) is 4.71. The van der Waals surface area contributed by atoms with Gasteiger partial charge in [0.2, 0.25) is 0 Å². The molecule has 0 radical (unpaired) electrons. The first-order chi connectivity index (χ1) is 11.8. The second kappa shape index (κ2) is 7.59. The predicted molar refractivity (Wildman–Crippen MR) is 100.0 cm³/mol. The van der Waals surface area contributed by atoms with Gasteiger partial charge < -0.3 is 10.2 Å². The topological polar surface area (TPSA) is 82.6 Å². The number of rotatable bonds is 5. The lowest BCUT2D eigenvalue weighted by Gasteiger charge is -2.37. The highest BCUT2D eigenvalue weighted by molar-refractivity contribution is 7.91. The summed E-state index contributed by atoms with van der Waals surface area (Å²) in [5, 5.41) is 5.84. The van der Waals surface area contributed by atoms with Crippen LogP contribution in [0.1, 0.15) is 30.8 Å². The summed E-state index contributed by atoms with van der Waals surface area (Å²) in [6.45, 7) is 7.81. The largest absolute Gasteiger partial charge is 0.361 e. The summed E-state index contributed by atoms with van der Waals surface area (Å²) >= 11 is 1.46. The maximum atomic E-state index is 12.6. The smallest absolute Gasteiger partial charge is 0.273 e. The van der Waals surface area contributed by atoms with Crippen molar-refractivity contribution in [3.8, 4) is 0 Å². The third kappa shape index (κ3) is 4.71. The maximum Gasteiger partial charge on any atom is 0.273 e. The molecular formula is C16H26N4O3S2. The van der Waals surface area contributed by atoms with Crippen LogP contribution in [0.4, 0.5) is 5.13 Å². The average Bonchev–Trinajstić information content (AvgIpc) is 3.19. The number of thiazole rings is 1. The zero-order valence-electron chi connectivity index (χ0n) is 14.8. The van der Waals surface area contributed by atoms with E-state index in [1.54, 1.807) is 5.38 Å². The summed E-state index contributed by atoms with van der Waals surface area (Å²) in [4.78, 5) is 21.0. The molecule has 2 fully saturated rings. The summed E-state index contributed by atoms with van der Waals surface area (Å²) in [5.74, 6) is 1.04. The molecule has 1 amide bonds. The van der Waals surface area contributed by atoms with Crippen LogP contribution in [0.15, 0.2) is 5.38 Å². The van der Waals surface area contributed by atoms with Crippen molar-refractivity contribution in [3.05, 3.63) is 11.1 Å². The van der Waals surface area contributed by atoms with Crippen LogP contribution in [0.2, 0.25) is 0 Å². The number of amides is 1. The van der Waals surface area contributed by atoms with E-state index < -0.39 is 9.84 Å². The van der Waals surface area contributed by atoms with E-state index in [-0.39, 0.29) is 17.7 Å². The fourth-order valence-electron chi connectivity index (χ4n) is 3.26. The van der Waals surface area contributed by atoms with E-state index >= 15 is 0 Å². The first-order valence-corrected chi connectivity index (χ1v) is 11.5.